The molecule has 100 valence electrons. The van der Waals surface area contributed by atoms with E-state index in [-0.39, 0.29) is 0 Å². The molecular formula is C14H22BrN3. The van der Waals surface area contributed by atoms with E-state index in [0.29, 0.717) is 11.8 Å². The number of halogens is 1. The third-order valence-corrected chi connectivity index (χ3v) is 5.14. The molecule has 2 aliphatic rings. The Kier molecular flexibility index (Phi) is 3.50. The zero-order valence-corrected chi connectivity index (χ0v) is 12.9. The normalized spacial score (nSPS) is 26.3. The van der Waals surface area contributed by atoms with Crippen LogP contribution in [0, 0.1) is 0 Å². The maximum Gasteiger partial charge on any atom is 0.127 e. The zero-order valence-electron chi connectivity index (χ0n) is 11.3. The van der Waals surface area contributed by atoms with Gasteiger partial charge in [0, 0.05) is 12.5 Å². The highest BCUT2D eigenvalue weighted by atomic mass is 79.9. The van der Waals surface area contributed by atoms with Gasteiger partial charge in [-0.05, 0) is 67.7 Å². The van der Waals surface area contributed by atoms with Crippen LogP contribution in [-0.4, -0.2) is 34.6 Å². The first-order valence-corrected chi connectivity index (χ1v) is 7.90. The summed E-state index contributed by atoms with van der Waals surface area (Å²) in [6, 6.07) is 0. The number of hydrogen-bond acceptors (Lipinski definition) is 2. The molecule has 0 radical (unpaired) electrons. The molecule has 0 amide bonds. The summed E-state index contributed by atoms with van der Waals surface area (Å²) in [6.07, 6.45) is 5.12. The lowest BCUT2D eigenvalue weighted by Crippen LogP contribution is -2.30. The number of piperidine rings is 1. The lowest BCUT2D eigenvalue weighted by atomic mass is 9.94. The average Bonchev–Trinajstić information content (AvgIpc) is 2.69. The minimum absolute atomic E-state index is 0.653. The first-order chi connectivity index (χ1) is 8.66. The fourth-order valence-electron chi connectivity index (χ4n) is 3.43. The van der Waals surface area contributed by atoms with Gasteiger partial charge in [0.1, 0.15) is 10.4 Å². The van der Waals surface area contributed by atoms with E-state index in [4.69, 9.17) is 4.98 Å². The van der Waals surface area contributed by atoms with Crippen LogP contribution in [0.5, 0.6) is 0 Å². The van der Waals surface area contributed by atoms with E-state index >= 15 is 0 Å². The zero-order chi connectivity index (χ0) is 12.7. The summed E-state index contributed by atoms with van der Waals surface area (Å²) >= 11 is 3.68. The summed E-state index contributed by atoms with van der Waals surface area (Å²) in [5.74, 6) is 2.66. The molecule has 0 spiro atoms. The molecule has 18 heavy (non-hydrogen) atoms. The van der Waals surface area contributed by atoms with E-state index in [1.807, 2.05) is 0 Å². The highest BCUT2D eigenvalue weighted by Crippen LogP contribution is 2.37. The monoisotopic (exact) mass is 311 g/mol. The lowest BCUT2D eigenvalue weighted by molar-refractivity contribution is 0.247. The van der Waals surface area contributed by atoms with Crippen LogP contribution in [0.4, 0.5) is 0 Å². The maximum atomic E-state index is 4.85. The third kappa shape index (κ3) is 2.14. The van der Waals surface area contributed by atoms with Crippen LogP contribution in [0.15, 0.2) is 4.60 Å². The number of hydrogen-bond donors (Lipinski definition) is 0. The molecule has 0 aromatic carbocycles. The third-order valence-electron chi connectivity index (χ3n) is 4.56. The second-order valence-electron chi connectivity index (χ2n) is 5.92. The molecule has 1 atom stereocenters. The highest BCUT2D eigenvalue weighted by Gasteiger charge is 2.29. The van der Waals surface area contributed by atoms with Crippen molar-refractivity contribution in [2.75, 3.05) is 20.1 Å². The highest BCUT2D eigenvalue weighted by molar-refractivity contribution is 9.10. The van der Waals surface area contributed by atoms with Gasteiger partial charge in [-0.1, -0.05) is 6.92 Å². The van der Waals surface area contributed by atoms with Crippen LogP contribution in [0.1, 0.15) is 56.0 Å². The molecule has 0 saturated carbocycles. The van der Waals surface area contributed by atoms with Crippen LogP contribution >= 0.6 is 15.9 Å². The lowest BCUT2D eigenvalue weighted by Gasteiger charge is -2.30. The Labute approximate surface area is 118 Å². The molecule has 0 aliphatic carbocycles. The maximum absolute atomic E-state index is 4.85. The molecule has 3 nitrogen and oxygen atoms in total. The second kappa shape index (κ2) is 4.97. The molecule has 0 N–H and O–H groups in total. The molecule has 1 saturated heterocycles. The van der Waals surface area contributed by atoms with Crippen molar-refractivity contribution in [2.24, 2.45) is 0 Å². The fraction of sp³-hybridized carbons (Fsp3) is 0.786. The molecule has 1 aromatic rings. The van der Waals surface area contributed by atoms with Crippen molar-refractivity contribution in [1.82, 2.24) is 14.5 Å². The van der Waals surface area contributed by atoms with Gasteiger partial charge in [-0.2, -0.15) is 0 Å². The van der Waals surface area contributed by atoms with Crippen molar-refractivity contribution in [3.8, 4) is 0 Å². The molecule has 1 fully saturated rings. The molecule has 2 aliphatic heterocycles. The van der Waals surface area contributed by atoms with E-state index < -0.39 is 0 Å². The summed E-state index contributed by atoms with van der Waals surface area (Å²) in [5, 5.41) is 0. The van der Waals surface area contributed by atoms with Crippen molar-refractivity contribution in [3.63, 3.8) is 0 Å². The van der Waals surface area contributed by atoms with Gasteiger partial charge in [0.15, 0.2) is 0 Å². The van der Waals surface area contributed by atoms with E-state index in [0.717, 1.165) is 4.60 Å². The Balaban J connectivity index is 1.91. The number of aromatic nitrogens is 2. The minimum atomic E-state index is 0.653. The van der Waals surface area contributed by atoms with E-state index in [1.54, 1.807) is 0 Å². The van der Waals surface area contributed by atoms with Crippen LogP contribution in [0.25, 0.3) is 0 Å². The molecule has 3 heterocycles. The number of likely N-dealkylation sites (tertiary alicyclic amines) is 1. The average molecular weight is 312 g/mol. The fourth-order valence-corrected chi connectivity index (χ4v) is 4.21. The molecule has 0 bridgehead atoms. The molecular weight excluding hydrogens is 290 g/mol. The predicted molar refractivity (Wildman–Crippen MR) is 77.0 cm³/mol. The Hall–Kier alpha value is -0.350. The predicted octanol–water partition coefficient (Wildman–Crippen LogP) is 3.35. The largest absolute Gasteiger partial charge is 0.330 e. The standard InChI is InChI=1S/C14H22BrN3/c1-10-4-3-7-18-12(10)13(15)16-14(18)11-5-8-17(2)9-6-11/h10-11H,3-9H2,1-2H3. The van der Waals surface area contributed by atoms with Crippen LogP contribution < -0.4 is 0 Å². The number of rotatable bonds is 1. The topological polar surface area (TPSA) is 21.1 Å². The van der Waals surface area contributed by atoms with Crippen LogP contribution in [0.2, 0.25) is 0 Å². The minimum Gasteiger partial charge on any atom is -0.330 e. The van der Waals surface area contributed by atoms with Gasteiger partial charge < -0.3 is 9.47 Å². The first-order valence-electron chi connectivity index (χ1n) is 7.11. The van der Waals surface area contributed by atoms with Gasteiger partial charge >= 0.3 is 0 Å². The van der Waals surface area contributed by atoms with Crippen LogP contribution in [0.3, 0.4) is 0 Å². The SMILES string of the molecule is CC1CCCn2c(C3CCN(C)CC3)nc(Br)c21. The van der Waals surface area contributed by atoms with Crippen molar-refractivity contribution in [1.29, 1.82) is 0 Å². The number of imidazole rings is 1. The van der Waals surface area contributed by atoms with E-state index in [9.17, 15) is 0 Å². The van der Waals surface area contributed by atoms with Gasteiger partial charge in [-0.25, -0.2) is 4.98 Å². The molecule has 3 rings (SSSR count). The Morgan fingerprint density at radius 1 is 1.17 bits per heavy atom. The molecule has 4 heteroatoms. The summed E-state index contributed by atoms with van der Waals surface area (Å²) < 4.78 is 3.61. The van der Waals surface area contributed by atoms with Gasteiger partial charge in [0.2, 0.25) is 0 Å². The molecule has 1 unspecified atom stereocenters. The van der Waals surface area contributed by atoms with Crippen LogP contribution in [-0.2, 0) is 6.54 Å². The summed E-state index contributed by atoms with van der Waals surface area (Å²) in [6.45, 7) is 5.91. The van der Waals surface area contributed by atoms with Gasteiger partial charge in [0.25, 0.3) is 0 Å². The summed E-state index contributed by atoms with van der Waals surface area (Å²) in [4.78, 5) is 7.28. The second-order valence-corrected chi connectivity index (χ2v) is 6.67. The summed E-state index contributed by atoms with van der Waals surface area (Å²) in [5.41, 5.74) is 1.44. The van der Waals surface area contributed by atoms with Crippen molar-refractivity contribution < 1.29 is 0 Å². The van der Waals surface area contributed by atoms with Gasteiger partial charge in [-0.15, -0.1) is 0 Å². The first kappa shape index (κ1) is 12.7. The Morgan fingerprint density at radius 2 is 1.89 bits per heavy atom. The number of fused-ring (bicyclic) bond motifs is 1. The quantitative estimate of drug-likeness (QED) is 0.793. The van der Waals surface area contributed by atoms with Gasteiger partial charge in [0.05, 0.1) is 5.69 Å². The van der Waals surface area contributed by atoms with E-state index in [2.05, 4.69) is 39.4 Å². The smallest absolute Gasteiger partial charge is 0.127 e. The Bertz CT molecular complexity index is 432. The molecule has 1 aromatic heterocycles. The number of nitrogens with zero attached hydrogens (tertiary/aromatic N) is 3. The van der Waals surface area contributed by atoms with E-state index in [1.165, 1.54) is 56.8 Å². The van der Waals surface area contributed by atoms with Crippen molar-refractivity contribution >= 4 is 15.9 Å². The van der Waals surface area contributed by atoms with Gasteiger partial charge in [-0.3, -0.25) is 0 Å². The Morgan fingerprint density at radius 3 is 2.61 bits per heavy atom. The summed E-state index contributed by atoms with van der Waals surface area (Å²) in [7, 11) is 2.22. The van der Waals surface area contributed by atoms with Crippen molar-refractivity contribution in [3.05, 3.63) is 16.1 Å². The van der Waals surface area contributed by atoms with Crippen molar-refractivity contribution in [2.45, 2.75) is 51.0 Å².